The van der Waals surface area contributed by atoms with Crippen molar-refractivity contribution in [1.82, 2.24) is 19.9 Å². The minimum atomic E-state index is -0.103. The maximum atomic E-state index is 11.7. The van der Waals surface area contributed by atoms with Gasteiger partial charge in [0.05, 0.1) is 17.6 Å². The molecular formula is C17H14N4O2. The number of likely N-dealkylation sites (tertiary alicyclic amines) is 1. The Hall–Kier alpha value is -3.02. The zero-order valence-corrected chi connectivity index (χ0v) is 12.3. The summed E-state index contributed by atoms with van der Waals surface area (Å²) in [7, 11) is 0. The molecule has 0 unspecified atom stereocenters. The standard InChI is InChI=1S/C17H14N4O2/c22-15-6-7-16(23)21(15)10-11-4-5-12-14(9-11)20-17(19-12)13-3-1-2-8-18-13/h1-5,8-9H,6-7,10H2,(H,19,20). The molecule has 1 N–H and O–H groups in total. The molecule has 4 rings (SSSR count). The van der Waals surface area contributed by atoms with Gasteiger partial charge in [-0.05, 0) is 29.8 Å². The zero-order valence-electron chi connectivity index (χ0n) is 12.3. The largest absolute Gasteiger partial charge is 0.337 e. The number of imidazole rings is 1. The minimum absolute atomic E-state index is 0.103. The van der Waals surface area contributed by atoms with Crippen LogP contribution in [0.4, 0.5) is 0 Å². The molecule has 3 aromatic rings. The molecule has 1 saturated heterocycles. The van der Waals surface area contributed by atoms with Crippen LogP contribution in [0.2, 0.25) is 0 Å². The van der Waals surface area contributed by atoms with E-state index in [0.29, 0.717) is 25.2 Å². The van der Waals surface area contributed by atoms with Gasteiger partial charge in [-0.3, -0.25) is 19.5 Å². The molecule has 0 aliphatic carbocycles. The highest BCUT2D eigenvalue weighted by molar-refractivity contribution is 6.01. The number of aromatic amines is 1. The highest BCUT2D eigenvalue weighted by Crippen LogP contribution is 2.22. The third-order valence-corrected chi connectivity index (χ3v) is 3.95. The third kappa shape index (κ3) is 2.48. The Kier molecular flexibility index (Phi) is 3.15. The number of hydrogen-bond acceptors (Lipinski definition) is 4. The second-order valence-electron chi connectivity index (χ2n) is 5.53. The van der Waals surface area contributed by atoms with E-state index < -0.39 is 0 Å². The van der Waals surface area contributed by atoms with Crippen LogP contribution < -0.4 is 0 Å². The first-order valence-corrected chi connectivity index (χ1v) is 7.44. The van der Waals surface area contributed by atoms with E-state index in [4.69, 9.17) is 0 Å². The van der Waals surface area contributed by atoms with E-state index >= 15 is 0 Å². The zero-order chi connectivity index (χ0) is 15.8. The molecule has 114 valence electrons. The summed E-state index contributed by atoms with van der Waals surface area (Å²) in [4.78, 5) is 36.8. The maximum Gasteiger partial charge on any atom is 0.229 e. The summed E-state index contributed by atoms with van der Waals surface area (Å²) in [6.07, 6.45) is 2.35. The Morgan fingerprint density at radius 1 is 1.09 bits per heavy atom. The lowest BCUT2D eigenvalue weighted by Gasteiger charge is -2.13. The van der Waals surface area contributed by atoms with Gasteiger partial charge in [-0.1, -0.05) is 12.1 Å². The molecule has 0 atom stereocenters. The van der Waals surface area contributed by atoms with E-state index in [-0.39, 0.29) is 11.8 Å². The fourth-order valence-electron chi connectivity index (χ4n) is 2.76. The van der Waals surface area contributed by atoms with Gasteiger partial charge in [-0.15, -0.1) is 0 Å². The number of pyridine rings is 1. The Morgan fingerprint density at radius 2 is 1.91 bits per heavy atom. The van der Waals surface area contributed by atoms with E-state index in [1.807, 2.05) is 36.4 Å². The summed E-state index contributed by atoms with van der Waals surface area (Å²) < 4.78 is 0. The van der Waals surface area contributed by atoms with Crippen LogP contribution in [-0.4, -0.2) is 31.7 Å². The minimum Gasteiger partial charge on any atom is -0.337 e. The highest BCUT2D eigenvalue weighted by atomic mass is 16.2. The quantitative estimate of drug-likeness (QED) is 0.753. The van der Waals surface area contributed by atoms with Gasteiger partial charge < -0.3 is 4.98 Å². The topological polar surface area (TPSA) is 79.0 Å². The van der Waals surface area contributed by atoms with E-state index in [2.05, 4.69) is 15.0 Å². The van der Waals surface area contributed by atoms with Crippen LogP contribution >= 0.6 is 0 Å². The van der Waals surface area contributed by atoms with Crippen LogP contribution in [-0.2, 0) is 16.1 Å². The smallest absolute Gasteiger partial charge is 0.229 e. The number of imide groups is 1. The molecule has 2 aromatic heterocycles. The summed E-state index contributed by atoms with van der Waals surface area (Å²) in [5.41, 5.74) is 3.36. The van der Waals surface area contributed by atoms with Gasteiger partial charge >= 0.3 is 0 Å². The monoisotopic (exact) mass is 306 g/mol. The fraction of sp³-hybridized carbons (Fsp3) is 0.176. The lowest BCUT2D eigenvalue weighted by molar-refractivity contribution is -0.139. The molecule has 23 heavy (non-hydrogen) atoms. The van der Waals surface area contributed by atoms with Crippen molar-refractivity contribution >= 4 is 22.8 Å². The second kappa shape index (κ2) is 5.31. The van der Waals surface area contributed by atoms with Crippen LogP contribution in [0.5, 0.6) is 0 Å². The highest BCUT2D eigenvalue weighted by Gasteiger charge is 2.28. The van der Waals surface area contributed by atoms with Gasteiger partial charge in [-0.25, -0.2) is 4.98 Å². The van der Waals surface area contributed by atoms with Crippen LogP contribution in [0.1, 0.15) is 18.4 Å². The molecule has 0 bridgehead atoms. The van der Waals surface area contributed by atoms with Gasteiger partial charge in [0.2, 0.25) is 11.8 Å². The van der Waals surface area contributed by atoms with Crippen LogP contribution in [0.15, 0.2) is 42.6 Å². The molecule has 0 spiro atoms. The van der Waals surface area contributed by atoms with Crippen molar-refractivity contribution in [1.29, 1.82) is 0 Å². The van der Waals surface area contributed by atoms with Gasteiger partial charge in [0.25, 0.3) is 0 Å². The predicted octanol–water partition coefficient (Wildman–Crippen LogP) is 2.27. The second-order valence-corrected chi connectivity index (χ2v) is 5.53. The lowest BCUT2D eigenvalue weighted by Crippen LogP contribution is -2.28. The molecule has 2 amide bonds. The lowest BCUT2D eigenvalue weighted by atomic mass is 10.2. The number of benzene rings is 1. The van der Waals surface area contributed by atoms with Crippen molar-refractivity contribution in [3.05, 3.63) is 48.2 Å². The molecule has 1 aliphatic heterocycles. The van der Waals surface area contributed by atoms with Gasteiger partial charge in [-0.2, -0.15) is 0 Å². The first-order chi connectivity index (χ1) is 11.2. The molecule has 0 radical (unpaired) electrons. The van der Waals surface area contributed by atoms with Gasteiger partial charge in [0.1, 0.15) is 5.69 Å². The Morgan fingerprint density at radius 3 is 2.65 bits per heavy atom. The first-order valence-electron chi connectivity index (χ1n) is 7.44. The van der Waals surface area contributed by atoms with Crippen molar-refractivity contribution in [3.8, 4) is 11.5 Å². The normalized spacial score (nSPS) is 14.9. The molecule has 1 aromatic carbocycles. The predicted molar refractivity (Wildman–Crippen MR) is 84.1 cm³/mol. The average Bonchev–Trinajstić information content (AvgIpc) is 3.14. The summed E-state index contributed by atoms with van der Waals surface area (Å²) in [6.45, 7) is 0.311. The number of H-pyrrole nitrogens is 1. The van der Waals surface area contributed by atoms with Crippen molar-refractivity contribution in [2.75, 3.05) is 0 Å². The number of fused-ring (bicyclic) bond motifs is 1. The number of hydrogen-bond donors (Lipinski definition) is 1. The number of amides is 2. The molecule has 1 aliphatic rings. The van der Waals surface area contributed by atoms with Crippen LogP contribution in [0.3, 0.4) is 0 Å². The van der Waals surface area contributed by atoms with Crippen LogP contribution in [0.25, 0.3) is 22.6 Å². The SMILES string of the molecule is O=C1CCC(=O)N1Cc1ccc2nc(-c3ccccn3)[nH]c2c1. The van der Waals surface area contributed by atoms with Crippen LogP contribution in [0, 0.1) is 0 Å². The van der Waals surface area contributed by atoms with Crippen molar-refractivity contribution < 1.29 is 9.59 Å². The van der Waals surface area contributed by atoms with Crippen molar-refractivity contribution in [3.63, 3.8) is 0 Å². The van der Waals surface area contributed by atoms with Crippen molar-refractivity contribution in [2.24, 2.45) is 0 Å². The Balaban J connectivity index is 1.66. The molecular weight excluding hydrogens is 292 g/mol. The number of nitrogens with zero attached hydrogens (tertiary/aromatic N) is 3. The number of carbonyl (C=O) groups excluding carboxylic acids is 2. The Labute approximate surface area is 132 Å². The Bertz CT molecular complexity index is 885. The number of aromatic nitrogens is 3. The molecule has 1 fully saturated rings. The van der Waals surface area contributed by atoms with E-state index in [1.165, 1.54) is 4.90 Å². The third-order valence-electron chi connectivity index (χ3n) is 3.95. The van der Waals surface area contributed by atoms with Gasteiger partial charge in [0.15, 0.2) is 5.82 Å². The summed E-state index contributed by atoms with van der Waals surface area (Å²) >= 11 is 0. The fourth-order valence-corrected chi connectivity index (χ4v) is 2.76. The number of nitrogens with one attached hydrogen (secondary N) is 1. The van der Waals surface area contributed by atoms with Crippen molar-refractivity contribution in [2.45, 2.75) is 19.4 Å². The molecule has 6 heteroatoms. The molecule has 3 heterocycles. The van der Waals surface area contributed by atoms with E-state index in [1.54, 1.807) is 6.20 Å². The number of carbonyl (C=O) groups is 2. The van der Waals surface area contributed by atoms with Gasteiger partial charge in [0, 0.05) is 19.0 Å². The van der Waals surface area contributed by atoms with E-state index in [0.717, 1.165) is 22.3 Å². The summed E-state index contributed by atoms with van der Waals surface area (Å²) in [5, 5.41) is 0. The van der Waals surface area contributed by atoms with E-state index in [9.17, 15) is 9.59 Å². The number of rotatable bonds is 3. The summed E-state index contributed by atoms with van der Waals surface area (Å²) in [6, 6.07) is 11.4. The molecule has 0 saturated carbocycles. The maximum absolute atomic E-state index is 11.7. The first kappa shape index (κ1) is 13.6. The molecule has 6 nitrogen and oxygen atoms in total. The average molecular weight is 306 g/mol. The summed E-state index contributed by atoms with van der Waals surface area (Å²) in [5.74, 6) is 0.494.